The lowest BCUT2D eigenvalue weighted by Gasteiger charge is -2.38. The van der Waals surface area contributed by atoms with E-state index >= 15 is 0 Å². The summed E-state index contributed by atoms with van der Waals surface area (Å²) in [7, 11) is 0. The van der Waals surface area contributed by atoms with E-state index in [2.05, 4.69) is 10.6 Å². The molecule has 2 heterocycles. The van der Waals surface area contributed by atoms with Crippen molar-refractivity contribution in [3.8, 4) is 0 Å². The fourth-order valence-electron chi connectivity index (χ4n) is 6.23. The topological polar surface area (TPSA) is 186 Å². The molecule has 0 spiro atoms. The number of para-hydroxylation sites is 2. The van der Waals surface area contributed by atoms with Gasteiger partial charge in [-0.1, -0.05) is 97.1 Å². The lowest BCUT2D eigenvalue weighted by atomic mass is 9.89. The average Bonchev–Trinajstić information content (AvgIpc) is 3.16. The predicted molar refractivity (Wildman–Crippen MR) is 191 cm³/mol. The molecule has 0 aromatic heterocycles. The van der Waals surface area contributed by atoms with Crippen molar-refractivity contribution in [3.05, 3.63) is 132 Å². The Morgan fingerprint density at radius 1 is 0.481 bits per heavy atom. The summed E-state index contributed by atoms with van der Waals surface area (Å²) in [5, 5.41) is 4.29. The van der Waals surface area contributed by atoms with Gasteiger partial charge in [0.1, 0.15) is 0 Å². The smallest absolute Gasteiger partial charge is 0.335 e. The summed E-state index contributed by atoms with van der Waals surface area (Å²) < 4.78 is 11.3. The van der Waals surface area contributed by atoms with Crippen LogP contribution in [-0.4, -0.2) is 58.8 Å². The number of hydrogen-bond acceptors (Lipinski definition) is 10. The van der Waals surface area contributed by atoms with Gasteiger partial charge in [0.25, 0.3) is 34.8 Å². The lowest BCUT2D eigenvalue weighted by Crippen LogP contribution is -2.70. The SMILES string of the molecule is O=C(CCCCC(=O)OC1(Cc2ccccc2)C(=O)NC(=O)N(c2ccccc2)C1=O)OC1(Cc2ccccc2)C(=O)NC(=O)N(c2ccccc2)C1=O. The molecule has 0 aliphatic carbocycles. The second kappa shape index (κ2) is 15.7. The number of benzene rings is 4. The zero-order valence-corrected chi connectivity index (χ0v) is 28.8. The number of imide groups is 4. The monoisotopic (exact) mass is 730 g/mol. The third-order valence-electron chi connectivity index (χ3n) is 8.89. The standard InChI is InChI=1S/C40H34N4O10/c45-31(53-39(25-27-15-5-1-6-16-27)33(47)41-37(51)43(35(39)49)29-19-9-3-10-20-29)23-13-14-24-32(46)54-40(26-28-17-7-2-8-18-28)34(48)42-38(52)44(36(40)50)30-21-11-4-12-22-30/h1-12,15-22H,13-14,23-26H2,(H,41,47,51)(H,42,48,52). The number of unbranched alkanes of at least 4 members (excludes halogenated alkanes) is 1. The molecular weight excluding hydrogens is 696 g/mol. The van der Waals surface area contributed by atoms with E-state index < -0.39 is 58.8 Å². The summed E-state index contributed by atoms with van der Waals surface area (Å²) in [6.45, 7) is 0. The van der Waals surface area contributed by atoms with Gasteiger partial charge in [0.05, 0.1) is 11.4 Å². The van der Waals surface area contributed by atoms with Gasteiger partial charge in [0.2, 0.25) is 0 Å². The lowest BCUT2D eigenvalue weighted by molar-refractivity contribution is -0.175. The van der Waals surface area contributed by atoms with Crippen LogP contribution in [0.25, 0.3) is 0 Å². The Hall–Kier alpha value is -6.96. The Bertz CT molecular complexity index is 1950. The molecule has 2 fully saturated rings. The van der Waals surface area contributed by atoms with Crippen LogP contribution in [0.3, 0.4) is 0 Å². The molecule has 2 aliphatic heterocycles. The van der Waals surface area contributed by atoms with Crippen molar-refractivity contribution in [2.45, 2.75) is 49.7 Å². The van der Waals surface area contributed by atoms with Gasteiger partial charge in [-0.05, 0) is 48.2 Å². The number of amides is 8. The number of rotatable bonds is 13. The maximum absolute atomic E-state index is 14.0. The first-order valence-electron chi connectivity index (χ1n) is 17.1. The molecule has 0 radical (unpaired) electrons. The zero-order valence-electron chi connectivity index (χ0n) is 28.8. The minimum atomic E-state index is -2.43. The van der Waals surface area contributed by atoms with Gasteiger partial charge >= 0.3 is 24.0 Å². The van der Waals surface area contributed by atoms with Crippen LogP contribution >= 0.6 is 0 Å². The number of nitrogens with one attached hydrogen (secondary N) is 2. The van der Waals surface area contributed by atoms with E-state index in [0.29, 0.717) is 11.1 Å². The van der Waals surface area contributed by atoms with E-state index in [9.17, 15) is 38.4 Å². The van der Waals surface area contributed by atoms with Gasteiger partial charge in [-0.25, -0.2) is 19.4 Å². The molecular formula is C40H34N4O10. The van der Waals surface area contributed by atoms with E-state index in [-0.39, 0.29) is 49.9 Å². The first-order valence-corrected chi connectivity index (χ1v) is 17.1. The molecule has 8 amide bonds. The van der Waals surface area contributed by atoms with Crippen LogP contribution in [0, 0.1) is 0 Å². The number of ether oxygens (including phenoxy) is 2. The third-order valence-corrected chi connectivity index (χ3v) is 8.89. The summed E-state index contributed by atoms with van der Waals surface area (Å²) in [5.74, 6) is -6.22. The van der Waals surface area contributed by atoms with Crippen molar-refractivity contribution in [1.29, 1.82) is 0 Å². The molecule has 14 nitrogen and oxygen atoms in total. The van der Waals surface area contributed by atoms with Crippen LogP contribution in [0.2, 0.25) is 0 Å². The van der Waals surface area contributed by atoms with Crippen LogP contribution in [0.15, 0.2) is 121 Å². The van der Waals surface area contributed by atoms with Crippen molar-refractivity contribution in [2.75, 3.05) is 9.80 Å². The van der Waals surface area contributed by atoms with Crippen LogP contribution in [-0.2, 0) is 51.1 Å². The fraction of sp³-hybridized carbons (Fsp3) is 0.200. The Morgan fingerprint density at radius 3 is 1.13 bits per heavy atom. The summed E-state index contributed by atoms with van der Waals surface area (Å²) in [5.41, 5.74) is -3.57. The highest BCUT2D eigenvalue weighted by Crippen LogP contribution is 2.31. The molecule has 274 valence electrons. The van der Waals surface area contributed by atoms with Crippen LogP contribution in [0.4, 0.5) is 21.0 Å². The van der Waals surface area contributed by atoms with E-state index in [4.69, 9.17) is 9.47 Å². The normalized spacial score (nSPS) is 19.9. The maximum atomic E-state index is 14.0. The number of anilines is 2. The number of urea groups is 2. The number of carbonyl (C=O) groups excluding carboxylic acids is 8. The Morgan fingerprint density at radius 2 is 0.796 bits per heavy atom. The summed E-state index contributed by atoms with van der Waals surface area (Å²) in [6, 6.07) is 30.5. The molecule has 6 rings (SSSR count). The highest BCUT2D eigenvalue weighted by molar-refractivity contribution is 6.33. The number of hydrogen-bond donors (Lipinski definition) is 2. The van der Waals surface area contributed by atoms with Crippen molar-refractivity contribution < 1.29 is 47.8 Å². The Balaban J connectivity index is 1.15. The molecule has 4 aromatic rings. The van der Waals surface area contributed by atoms with Gasteiger partial charge < -0.3 is 9.47 Å². The molecule has 0 bridgehead atoms. The first kappa shape index (κ1) is 36.8. The Labute approximate surface area is 309 Å². The molecule has 0 saturated carbocycles. The van der Waals surface area contributed by atoms with Gasteiger partial charge in [-0.15, -0.1) is 0 Å². The quantitative estimate of drug-likeness (QED) is 0.115. The van der Waals surface area contributed by atoms with Gasteiger partial charge in [-0.3, -0.25) is 39.4 Å². The maximum Gasteiger partial charge on any atom is 0.335 e. The molecule has 2 aliphatic rings. The highest BCUT2D eigenvalue weighted by atomic mass is 16.6. The molecule has 54 heavy (non-hydrogen) atoms. The van der Waals surface area contributed by atoms with Crippen molar-refractivity contribution >= 4 is 59.0 Å². The number of carbonyl (C=O) groups is 8. The largest absolute Gasteiger partial charge is 0.438 e. The minimum Gasteiger partial charge on any atom is -0.438 e. The summed E-state index contributed by atoms with van der Waals surface area (Å²) >= 11 is 0. The molecule has 2 atom stereocenters. The minimum absolute atomic E-state index is 0.00689. The van der Waals surface area contributed by atoms with E-state index in [1.807, 2.05) is 0 Å². The molecule has 2 N–H and O–H groups in total. The highest BCUT2D eigenvalue weighted by Gasteiger charge is 2.59. The van der Waals surface area contributed by atoms with Crippen molar-refractivity contribution in [1.82, 2.24) is 10.6 Å². The van der Waals surface area contributed by atoms with Crippen molar-refractivity contribution in [2.24, 2.45) is 0 Å². The van der Waals surface area contributed by atoms with Crippen LogP contribution in [0.1, 0.15) is 36.8 Å². The number of nitrogens with zero attached hydrogens (tertiary/aromatic N) is 2. The second-order valence-corrected chi connectivity index (χ2v) is 12.6. The predicted octanol–water partition coefficient (Wildman–Crippen LogP) is 4.16. The van der Waals surface area contributed by atoms with Crippen molar-refractivity contribution in [3.63, 3.8) is 0 Å². The molecule has 2 saturated heterocycles. The molecule has 2 unspecified atom stereocenters. The van der Waals surface area contributed by atoms with Crippen LogP contribution < -0.4 is 20.4 Å². The van der Waals surface area contributed by atoms with E-state index in [0.717, 1.165) is 9.80 Å². The summed E-state index contributed by atoms with van der Waals surface area (Å²) in [6.07, 6.45) is -1.42. The molecule has 4 aromatic carbocycles. The molecule has 14 heteroatoms. The third kappa shape index (κ3) is 7.48. The fourth-order valence-corrected chi connectivity index (χ4v) is 6.23. The average molecular weight is 731 g/mol. The van der Waals surface area contributed by atoms with Gasteiger partial charge in [0, 0.05) is 25.7 Å². The number of barbiturate groups is 2. The Kier molecular flexibility index (Phi) is 10.7. The summed E-state index contributed by atoms with van der Waals surface area (Å²) in [4.78, 5) is 109. The zero-order chi connectivity index (χ0) is 38.3. The van der Waals surface area contributed by atoms with Crippen LogP contribution in [0.5, 0.6) is 0 Å². The van der Waals surface area contributed by atoms with Gasteiger partial charge in [-0.2, -0.15) is 0 Å². The van der Waals surface area contributed by atoms with E-state index in [1.165, 1.54) is 24.3 Å². The van der Waals surface area contributed by atoms with E-state index in [1.54, 1.807) is 97.1 Å². The van der Waals surface area contributed by atoms with Gasteiger partial charge in [0.15, 0.2) is 0 Å². The second-order valence-electron chi connectivity index (χ2n) is 12.6. The number of esters is 2. The first-order chi connectivity index (χ1) is 26.0.